The first-order valence-corrected chi connectivity index (χ1v) is 3.70. The van der Waals surface area contributed by atoms with Crippen LogP contribution in [0.2, 0.25) is 0 Å². The molecule has 2 rings (SSSR count). The average molecular weight is 127 g/mol. The zero-order chi connectivity index (χ0) is 6.27. The predicted octanol–water partition coefficient (Wildman–Crippen LogP) is 0.383. The standard InChI is InChI=1S/C7H13NO/c1-5-2-7(5)8-6-3-9-4-6/h5-8H,2-4H2,1H3. The first-order chi connectivity index (χ1) is 4.36. The maximum absolute atomic E-state index is 5.04. The number of hydrogen-bond donors (Lipinski definition) is 1. The fourth-order valence-corrected chi connectivity index (χ4v) is 1.19. The van der Waals surface area contributed by atoms with E-state index in [0.717, 1.165) is 25.2 Å². The van der Waals surface area contributed by atoms with Crippen molar-refractivity contribution in [2.24, 2.45) is 5.92 Å². The molecule has 0 aromatic heterocycles. The highest BCUT2D eigenvalue weighted by molar-refractivity contribution is 4.93. The topological polar surface area (TPSA) is 21.3 Å². The van der Waals surface area contributed by atoms with Crippen LogP contribution in [0.5, 0.6) is 0 Å². The summed E-state index contributed by atoms with van der Waals surface area (Å²) in [6.45, 7) is 4.16. The molecule has 0 amide bonds. The second kappa shape index (κ2) is 1.96. The van der Waals surface area contributed by atoms with Crippen LogP contribution < -0.4 is 5.32 Å². The van der Waals surface area contributed by atoms with E-state index in [0.29, 0.717) is 6.04 Å². The third-order valence-corrected chi connectivity index (χ3v) is 2.20. The lowest BCUT2D eigenvalue weighted by molar-refractivity contribution is -0.00629. The molecule has 0 aromatic rings. The van der Waals surface area contributed by atoms with E-state index in [2.05, 4.69) is 12.2 Å². The maximum Gasteiger partial charge on any atom is 0.0643 e. The number of rotatable bonds is 2. The maximum atomic E-state index is 5.04. The van der Waals surface area contributed by atoms with Crippen LogP contribution >= 0.6 is 0 Å². The molecule has 0 aromatic carbocycles. The Morgan fingerprint density at radius 1 is 1.44 bits per heavy atom. The Morgan fingerprint density at radius 3 is 2.44 bits per heavy atom. The molecular formula is C7H13NO. The molecule has 2 fully saturated rings. The van der Waals surface area contributed by atoms with Gasteiger partial charge in [0.1, 0.15) is 0 Å². The molecule has 2 unspecified atom stereocenters. The molecule has 0 bridgehead atoms. The van der Waals surface area contributed by atoms with E-state index >= 15 is 0 Å². The molecule has 1 aliphatic heterocycles. The van der Waals surface area contributed by atoms with E-state index in [-0.39, 0.29) is 0 Å². The zero-order valence-corrected chi connectivity index (χ0v) is 5.76. The Kier molecular flexibility index (Phi) is 1.24. The minimum absolute atomic E-state index is 0.681. The Bertz CT molecular complexity index is 109. The van der Waals surface area contributed by atoms with Crippen LogP contribution in [0.15, 0.2) is 0 Å². The molecule has 1 aliphatic carbocycles. The smallest absolute Gasteiger partial charge is 0.0643 e. The lowest BCUT2D eigenvalue weighted by Gasteiger charge is -2.27. The van der Waals surface area contributed by atoms with Gasteiger partial charge >= 0.3 is 0 Å². The Morgan fingerprint density at radius 2 is 2.11 bits per heavy atom. The normalized spacial score (nSPS) is 42.3. The number of hydrogen-bond acceptors (Lipinski definition) is 2. The summed E-state index contributed by atoms with van der Waals surface area (Å²) in [7, 11) is 0. The number of nitrogens with one attached hydrogen (secondary N) is 1. The quantitative estimate of drug-likeness (QED) is 0.579. The Labute approximate surface area is 55.6 Å². The van der Waals surface area contributed by atoms with Gasteiger partial charge in [-0.25, -0.2) is 0 Å². The first kappa shape index (κ1) is 5.69. The summed E-state index contributed by atoms with van der Waals surface area (Å²) in [5.74, 6) is 0.922. The Balaban J connectivity index is 1.66. The van der Waals surface area contributed by atoms with Crippen LogP contribution in [0.4, 0.5) is 0 Å². The molecule has 2 heteroatoms. The zero-order valence-electron chi connectivity index (χ0n) is 5.76. The lowest BCUT2D eigenvalue weighted by atomic mass is 10.2. The molecule has 2 aliphatic rings. The second-order valence-corrected chi connectivity index (χ2v) is 3.22. The molecule has 1 saturated heterocycles. The van der Waals surface area contributed by atoms with E-state index in [9.17, 15) is 0 Å². The van der Waals surface area contributed by atoms with Crippen molar-refractivity contribution >= 4 is 0 Å². The summed E-state index contributed by atoms with van der Waals surface area (Å²) in [5.41, 5.74) is 0. The highest BCUT2D eigenvalue weighted by Gasteiger charge is 2.35. The molecule has 0 spiro atoms. The van der Waals surface area contributed by atoms with Crippen molar-refractivity contribution in [2.45, 2.75) is 25.4 Å². The van der Waals surface area contributed by atoms with Crippen molar-refractivity contribution in [3.63, 3.8) is 0 Å². The SMILES string of the molecule is CC1CC1NC1COC1. The Hall–Kier alpha value is -0.0800. The molecule has 1 N–H and O–H groups in total. The van der Waals surface area contributed by atoms with Gasteiger partial charge < -0.3 is 10.1 Å². The van der Waals surface area contributed by atoms with Gasteiger partial charge in [0.15, 0.2) is 0 Å². The summed E-state index contributed by atoms with van der Waals surface area (Å²) in [6.07, 6.45) is 1.37. The van der Waals surface area contributed by atoms with Crippen LogP contribution in [0.3, 0.4) is 0 Å². The van der Waals surface area contributed by atoms with E-state index < -0.39 is 0 Å². The molecule has 1 saturated carbocycles. The van der Waals surface area contributed by atoms with Crippen molar-refractivity contribution < 1.29 is 4.74 Å². The van der Waals surface area contributed by atoms with Crippen molar-refractivity contribution in [3.05, 3.63) is 0 Å². The summed E-state index contributed by atoms with van der Waals surface area (Å²) in [5, 5.41) is 3.52. The van der Waals surface area contributed by atoms with Gasteiger partial charge in [-0.1, -0.05) is 6.92 Å². The first-order valence-electron chi connectivity index (χ1n) is 3.70. The largest absolute Gasteiger partial charge is 0.378 e. The molecule has 0 radical (unpaired) electrons. The minimum atomic E-state index is 0.681. The van der Waals surface area contributed by atoms with Gasteiger partial charge in [-0.2, -0.15) is 0 Å². The second-order valence-electron chi connectivity index (χ2n) is 3.22. The van der Waals surface area contributed by atoms with Crippen molar-refractivity contribution in [1.29, 1.82) is 0 Å². The summed E-state index contributed by atoms with van der Waals surface area (Å²) >= 11 is 0. The fourth-order valence-electron chi connectivity index (χ4n) is 1.19. The van der Waals surface area contributed by atoms with Crippen LogP contribution in [-0.4, -0.2) is 25.3 Å². The summed E-state index contributed by atoms with van der Waals surface area (Å²) in [6, 6.07) is 1.50. The van der Waals surface area contributed by atoms with Gasteiger partial charge in [0.05, 0.1) is 19.3 Å². The van der Waals surface area contributed by atoms with Crippen LogP contribution in [0, 0.1) is 5.92 Å². The summed E-state index contributed by atoms with van der Waals surface area (Å²) < 4.78 is 5.04. The molecule has 2 nitrogen and oxygen atoms in total. The fraction of sp³-hybridized carbons (Fsp3) is 1.00. The summed E-state index contributed by atoms with van der Waals surface area (Å²) in [4.78, 5) is 0. The molecule has 9 heavy (non-hydrogen) atoms. The average Bonchev–Trinajstić information content (AvgIpc) is 2.36. The highest BCUT2D eigenvalue weighted by Crippen LogP contribution is 2.29. The van der Waals surface area contributed by atoms with Gasteiger partial charge in [0.25, 0.3) is 0 Å². The van der Waals surface area contributed by atoms with Gasteiger partial charge in [-0.05, 0) is 12.3 Å². The minimum Gasteiger partial charge on any atom is -0.378 e. The van der Waals surface area contributed by atoms with E-state index in [1.54, 1.807) is 0 Å². The van der Waals surface area contributed by atoms with Crippen LogP contribution in [0.1, 0.15) is 13.3 Å². The lowest BCUT2D eigenvalue weighted by Crippen LogP contribution is -2.47. The van der Waals surface area contributed by atoms with Crippen molar-refractivity contribution in [3.8, 4) is 0 Å². The molecule has 1 heterocycles. The van der Waals surface area contributed by atoms with Gasteiger partial charge in [-0.3, -0.25) is 0 Å². The monoisotopic (exact) mass is 127 g/mol. The predicted molar refractivity (Wildman–Crippen MR) is 35.3 cm³/mol. The number of ether oxygens (including phenoxy) is 1. The van der Waals surface area contributed by atoms with Gasteiger partial charge in [0, 0.05) is 6.04 Å². The van der Waals surface area contributed by atoms with Crippen LogP contribution in [-0.2, 0) is 4.74 Å². The third-order valence-electron chi connectivity index (χ3n) is 2.20. The molecule has 52 valence electrons. The van der Waals surface area contributed by atoms with Crippen molar-refractivity contribution in [1.82, 2.24) is 5.32 Å². The van der Waals surface area contributed by atoms with Gasteiger partial charge in [-0.15, -0.1) is 0 Å². The third kappa shape index (κ3) is 1.10. The van der Waals surface area contributed by atoms with E-state index in [1.165, 1.54) is 6.42 Å². The van der Waals surface area contributed by atoms with E-state index in [1.807, 2.05) is 0 Å². The van der Waals surface area contributed by atoms with E-state index in [4.69, 9.17) is 4.74 Å². The molecule has 2 atom stereocenters. The highest BCUT2D eigenvalue weighted by atomic mass is 16.5. The van der Waals surface area contributed by atoms with Crippen molar-refractivity contribution in [2.75, 3.05) is 13.2 Å². The van der Waals surface area contributed by atoms with Crippen LogP contribution in [0.25, 0.3) is 0 Å². The molecular weight excluding hydrogens is 114 g/mol. The van der Waals surface area contributed by atoms with Gasteiger partial charge in [0.2, 0.25) is 0 Å².